The van der Waals surface area contributed by atoms with Crippen LogP contribution in [0.15, 0.2) is 0 Å². The van der Waals surface area contributed by atoms with Crippen molar-refractivity contribution in [2.45, 2.75) is 59.8 Å². The van der Waals surface area contributed by atoms with E-state index in [1.54, 1.807) is 0 Å². The molecule has 0 fully saturated rings. The molecule has 0 aliphatic carbocycles. The summed E-state index contributed by atoms with van der Waals surface area (Å²) in [4.78, 5) is 0. The third-order valence-corrected chi connectivity index (χ3v) is 2.75. The van der Waals surface area contributed by atoms with Gasteiger partial charge in [-0.15, -0.1) is 0 Å². The molecule has 0 rings (SSSR count). The number of hydrogen-bond acceptors (Lipinski definition) is 0. The van der Waals surface area contributed by atoms with Gasteiger partial charge in [-0.25, -0.2) is 0 Å². The minimum atomic E-state index is 0.266. The van der Waals surface area contributed by atoms with Crippen molar-refractivity contribution >= 4 is 0 Å². The van der Waals surface area contributed by atoms with Gasteiger partial charge >= 0.3 is 0 Å². The van der Waals surface area contributed by atoms with Crippen LogP contribution in [0.4, 0.5) is 0 Å². The first-order chi connectivity index (χ1) is 5.52. The molecule has 0 heterocycles. The largest absolute Gasteiger partial charge is 0.0654 e. The van der Waals surface area contributed by atoms with Crippen LogP contribution in [-0.4, -0.2) is 0 Å². The first-order valence-corrected chi connectivity index (χ1v) is 5.37. The van der Waals surface area contributed by atoms with Crippen LogP contribution in [0, 0.1) is 18.3 Å². The molecule has 0 amide bonds. The van der Waals surface area contributed by atoms with E-state index >= 15 is 0 Å². The topological polar surface area (TPSA) is 0 Å². The Bertz CT molecular complexity index is 97.1. The third kappa shape index (κ3) is 4.79. The second kappa shape index (κ2) is 5.61. The predicted molar refractivity (Wildman–Crippen MR) is 57.1 cm³/mol. The van der Waals surface area contributed by atoms with E-state index in [9.17, 15) is 0 Å². The Balaban J connectivity index is 3.68. The highest BCUT2D eigenvalue weighted by Gasteiger charge is 2.21. The van der Waals surface area contributed by atoms with Crippen LogP contribution in [0.25, 0.3) is 0 Å². The van der Waals surface area contributed by atoms with Crippen molar-refractivity contribution in [1.29, 1.82) is 0 Å². The van der Waals surface area contributed by atoms with Crippen LogP contribution >= 0.6 is 0 Å². The molecule has 0 aromatic rings. The maximum atomic E-state index is 4.22. The maximum absolute atomic E-state index is 4.22. The van der Waals surface area contributed by atoms with Gasteiger partial charge in [0.1, 0.15) is 0 Å². The summed E-state index contributed by atoms with van der Waals surface area (Å²) in [5.41, 5.74) is 0.266. The summed E-state index contributed by atoms with van der Waals surface area (Å²) in [6, 6.07) is 0. The Labute approximate surface area is 78.8 Å². The van der Waals surface area contributed by atoms with Crippen molar-refractivity contribution < 1.29 is 0 Å². The van der Waals surface area contributed by atoms with Gasteiger partial charge in [-0.2, -0.15) is 0 Å². The predicted octanol–water partition coefficient (Wildman–Crippen LogP) is 4.45. The highest BCUT2D eigenvalue weighted by molar-refractivity contribution is 4.79. The van der Waals surface area contributed by atoms with Crippen molar-refractivity contribution in [1.82, 2.24) is 0 Å². The van der Waals surface area contributed by atoms with E-state index in [4.69, 9.17) is 0 Å². The highest BCUT2D eigenvalue weighted by Crippen LogP contribution is 2.32. The quantitative estimate of drug-likeness (QED) is 0.515. The fourth-order valence-corrected chi connectivity index (χ4v) is 1.79. The van der Waals surface area contributed by atoms with Crippen LogP contribution in [0.3, 0.4) is 0 Å². The van der Waals surface area contributed by atoms with E-state index in [2.05, 4.69) is 34.6 Å². The summed E-state index contributed by atoms with van der Waals surface area (Å²) in [6.45, 7) is 13.3. The monoisotopic (exact) mass is 169 g/mol. The van der Waals surface area contributed by atoms with Crippen LogP contribution in [0.1, 0.15) is 59.8 Å². The SMILES string of the molecule is [CH2]C(C)(C)C(CC)CCCCC. The lowest BCUT2D eigenvalue weighted by molar-refractivity contribution is 0.247. The maximum Gasteiger partial charge on any atom is -0.0326 e. The normalized spacial score (nSPS) is 14.8. The molecule has 0 saturated heterocycles. The second-order valence-electron chi connectivity index (χ2n) is 4.59. The number of unbranched alkanes of at least 4 members (excludes halogenated alkanes) is 2. The van der Waals surface area contributed by atoms with Crippen LogP contribution < -0.4 is 0 Å². The summed E-state index contributed by atoms with van der Waals surface area (Å²) in [5, 5.41) is 0. The van der Waals surface area contributed by atoms with Gasteiger partial charge in [-0.1, -0.05) is 53.4 Å². The zero-order chi connectivity index (χ0) is 9.61. The van der Waals surface area contributed by atoms with E-state index in [0.29, 0.717) is 0 Å². The molecule has 1 radical (unpaired) electrons. The lowest BCUT2D eigenvalue weighted by Crippen LogP contribution is -2.19. The lowest BCUT2D eigenvalue weighted by Gasteiger charge is -2.29. The molecule has 1 atom stereocenters. The molecule has 0 aliphatic rings. The van der Waals surface area contributed by atoms with Crippen molar-refractivity contribution in [3.63, 3.8) is 0 Å². The molecule has 0 aliphatic heterocycles. The molecule has 0 aromatic heterocycles. The minimum Gasteiger partial charge on any atom is -0.0654 e. The fourth-order valence-electron chi connectivity index (χ4n) is 1.79. The van der Waals surface area contributed by atoms with Gasteiger partial charge in [0.25, 0.3) is 0 Å². The van der Waals surface area contributed by atoms with Crippen molar-refractivity contribution in [2.75, 3.05) is 0 Å². The number of rotatable bonds is 6. The van der Waals surface area contributed by atoms with Gasteiger partial charge in [-0.3, -0.25) is 0 Å². The van der Waals surface area contributed by atoms with Crippen molar-refractivity contribution in [2.24, 2.45) is 11.3 Å². The molecule has 0 aromatic carbocycles. The molecule has 12 heavy (non-hydrogen) atoms. The van der Waals surface area contributed by atoms with Gasteiger partial charge in [0, 0.05) is 0 Å². The molecule has 0 saturated carbocycles. The van der Waals surface area contributed by atoms with E-state index in [1.165, 1.54) is 32.1 Å². The summed E-state index contributed by atoms with van der Waals surface area (Å²) >= 11 is 0. The highest BCUT2D eigenvalue weighted by atomic mass is 14.3. The third-order valence-electron chi connectivity index (χ3n) is 2.75. The van der Waals surface area contributed by atoms with Gasteiger partial charge < -0.3 is 0 Å². The molecule has 0 N–H and O–H groups in total. The summed E-state index contributed by atoms with van der Waals surface area (Å²) in [6.07, 6.45) is 6.73. The Morgan fingerprint density at radius 2 is 1.75 bits per heavy atom. The van der Waals surface area contributed by atoms with Crippen LogP contribution in [-0.2, 0) is 0 Å². The lowest BCUT2D eigenvalue weighted by atomic mass is 9.76. The summed E-state index contributed by atoms with van der Waals surface area (Å²) in [5.74, 6) is 0.809. The van der Waals surface area contributed by atoms with Gasteiger partial charge in [0.2, 0.25) is 0 Å². The Hall–Kier alpha value is 0. The Kier molecular flexibility index (Phi) is 5.61. The van der Waals surface area contributed by atoms with E-state index in [1.807, 2.05) is 0 Å². The average molecular weight is 169 g/mol. The zero-order valence-electron chi connectivity index (χ0n) is 9.32. The fraction of sp³-hybridized carbons (Fsp3) is 0.917. The molecule has 73 valence electrons. The standard InChI is InChI=1S/C12H25/c1-6-8-9-10-11(7-2)12(3,4)5/h11H,3,6-10H2,1-2,4-5H3. The zero-order valence-corrected chi connectivity index (χ0v) is 9.32. The van der Waals surface area contributed by atoms with Gasteiger partial charge in [0.05, 0.1) is 0 Å². The molecule has 0 bridgehead atoms. The Morgan fingerprint density at radius 3 is 2.08 bits per heavy atom. The van der Waals surface area contributed by atoms with Crippen LogP contribution in [0.5, 0.6) is 0 Å². The molecule has 0 nitrogen and oxygen atoms in total. The summed E-state index contributed by atoms with van der Waals surface area (Å²) in [7, 11) is 0. The smallest absolute Gasteiger partial charge is 0.0326 e. The second-order valence-corrected chi connectivity index (χ2v) is 4.59. The molecular weight excluding hydrogens is 144 g/mol. The van der Waals surface area contributed by atoms with E-state index in [0.717, 1.165) is 5.92 Å². The summed E-state index contributed by atoms with van der Waals surface area (Å²) < 4.78 is 0. The van der Waals surface area contributed by atoms with E-state index in [-0.39, 0.29) is 5.41 Å². The van der Waals surface area contributed by atoms with Crippen molar-refractivity contribution in [3.8, 4) is 0 Å². The van der Waals surface area contributed by atoms with Crippen LogP contribution in [0.2, 0.25) is 0 Å². The first kappa shape index (κ1) is 12.0. The molecule has 1 unspecified atom stereocenters. The van der Waals surface area contributed by atoms with E-state index < -0.39 is 0 Å². The average Bonchev–Trinajstić information content (AvgIpc) is 1.95. The van der Waals surface area contributed by atoms with Gasteiger partial charge in [-0.05, 0) is 24.7 Å². The molecule has 0 spiro atoms. The minimum absolute atomic E-state index is 0.266. The van der Waals surface area contributed by atoms with Gasteiger partial charge in [0.15, 0.2) is 0 Å². The van der Waals surface area contributed by atoms with Crippen molar-refractivity contribution in [3.05, 3.63) is 6.92 Å². The molecular formula is C12H25. The Morgan fingerprint density at radius 1 is 1.17 bits per heavy atom. The first-order valence-electron chi connectivity index (χ1n) is 5.37. The number of hydrogen-bond donors (Lipinski definition) is 0. The molecule has 0 heteroatoms.